The molecule has 0 spiro atoms. The van der Waals surface area contributed by atoms with Crippen LogP contribution in [0.2, 0.25) is 0 Å². The second-order valence-corrected chi connectivity index (χ2v) is 6.83. The van der Waals surface area contributed by atoms with Gasteiger partial charge in [0.05, 0.1) is 17.4 Å². The summed E-state index contributed by atoms with van der Waals surface area (Å²) in [5, 5.41) is 8.90. The van der Waals surface area contributed by atoms with Crippen LogP contribution in [0, 0.1) is 11.3 Å². The molecule has 0 saturated heterocycles. The largest absolute Gasteiger partial charge is 0.311 e. The second-order valence-electron chi connectivity index (χ2n) is 4.90. The van der Waals surface area contributed by atoms with Crippen molar-refractivity contribution in [1.82, 2.24) is 4.72 Å². The van der Waals surface area contributed by atoms with Crippen molar-refractivity contribution in [2.45, 2.75) is 26.7 Å². The molecule has 120 valence electrons. The number of nitriles is 1. The van der Waals surface area contributed by atoms with Crippen LogP contribution in [-0.4, -0.2) is 33.2 Å². The second kappa shape index (κ2) is 8.51. The third kappa shape index (κ3) is 5.84. The normalized spacial score (nSPS) is 11.0. The molecule has 22 heavy (non-hydrogen) atoms. The van der Waals surface area contributed by atoms with Gasteiger partial charge in [-0.2, -0.15) is 5.26 Å². The van der Waals surface area contributed by atoms with Gasteiger partial charge >= 0.3 is 0 Å². The molecule has 0 aromatic heterocycles. The SMILES string of the molecule is CCCCS(=O)(=O)NCCN(C(C)=O)c1cccc(C#N)c1. The molecule has 0 radical (unpaired) electrons. The van der Waals surface area contributed by atoms with Crippen molar-refractivity contribution in [2.75, 3.05) is 23.7 Å². The summed E-state index contributed by atoms with van der Waals surface area (Å²) in [5.41, 5.74) is 1.03. The highest BCUT2D eigenvalue weighted by Crippen LogP contribution is 2.15. The van der Waals surface area contributed by atoms with Crippen LogP contribution in [0.3, 0.4) is 0 Å². The first kappa shape index (κ1) is 18.1. The maximum atomic E-state index is 11.7. The van der Waals surface area contributed by atoms with Crippen molar-refractivity contribution in [2.24, 2.45) is 0 Å². The first-order valence-corrected chi connectivity index (χ1v) is 8.80. The molecular formula is C15H21N3O3S. The number of rotatable bonds is 8. The number of benzene rings is 1. The van der Waals surface area contributed by atoms with Gasteiger partial charge in [0.15, 0.2) is 0 Å². The Bertz CT molecular complexity index is 650. The van der Waals surface area contributed by atoms with Crippen molar-refractivity contribution in [3.63, 3.8) is 0 Å². The van der Waals surface area contributed by atoms with E-state index in [4.69, 9.17) is 5.26 Å². The number of unbranched alkanes of at least 4 members (excludes halogenated alkanes) is 1. The Morgan fingerprint density at radius 3 is 2.73 bits per heavy atom. The molecule has 0 aliphatic heterocycles. The summed E-state index contributed by atoms with van der Waals surface area (Å²) in [6, 6.07) is 8.67. The molecular weight excluding hydrogens is 302 g/mol. The lowest BCUT2D eigenvalue weighted by Crippen LogP contribution is -2.38. The first-order valence-electron chi connectivity index (χ1n) is 7.15. The minimum absolute atomic E-state index is 0.0908. The quantitative estimate of drug-likeness (QED) is 0.787. The number of nitrogens with one attached hydrogen (secondary N) is 1. The lowest BCUT2D eigenvalue weighted by Gasteiger charge is -2.21. The lowest BCUT2D eigenvalue weighted by molar-refractivity contribution is -0.116. The molecule has 1 rings (SSSR count). The van der Waals surface area contributed by atoms with Crippen molar-refractivity contribution < 1.29 is 13.2 Å². The molecule has 1 N–H and O–H groups in total. The zero-order chi connectivity index (χ0) is 16.6. The van der Waals surface area contributed by atoms with E-state index in [0.717, 1.165) is 6.42 Å². The van der Waals surface area contributed by atoms with Gasteiger partial charge in [0, 0.05) is 25.7 Å². The molecule has 0 aliphatic rings. The average molecular weight is 323 g/mol. The van der Waals surface area contributed by atoms with Crippen LogP contribution in [0.15, 0.2) is 24.3 Å². The summed E-state index contributed by atoms with van der Waals surface area (Å²) in [6.45, 7) is 3.69. The minimum Gasteiger partial charge on any atom is -0.311 e. The summed E-state index contributed by atoms with van der Waals surface area (Å²) in [7, 11) is -3.30. The van der Waals surface area contributed by atoms with Gasteiger partial charge in [-0.3, -0.25) is 4.79 Å². The van der Waals surface area contributed by atoms with Crippen LogP contribution in [-0.2, 0) is 14.8 Å². The van der Waals surface area contributed by atoms with Gasteiger partial charge in [-0.1, -0.05) is 19.4 Å². The highest BCUT2D eigenvalue weighted by molar-refractivity contribution is 7.89. The van der Waals surface area contributed by atoms with E-state index in [1.54, 1.807) is 24.3 Å². The fourth-order valence-electron chi connectivity index (χ4n) is 1.93. The Hall–Kier alpha value is -1.91. The van der Waals surface area contributed by atoms with Crippen LogP contribution >= 0.6 is 0 Å². The van der Waals surface area contributed by atoms with Crippen molar-refractivity contribution in [1.29, 1.82) is 5.26 Å². The highest BCUT2D eigenvalue weighted by atomic mass is 32.2. The fourth-order valence-corrected chi connectivity index (χ4v) is 3.15. The topological polar surface area (TPSA) is 90.3 Å². The predicted octanol–water partition coefficient (Wildman–Crippen LogP) is 1.63. The first-order chi connectivity index (χ1) is 10.4. The Balaban J connectivity index is 2.70. The number of nitrogens with zero attached hydrogens (tertiary/aromatic N) is 2. The van der Waals surface area contributed by atoms with E-state index in [1.807, 2.05) is 13.0 Å². The maximum Gasteiger partial charge on any atom is 0.223 e. The van der Waals surface area contributed by atoms with Gasteiger partial charge in [-0.05, 0) is 24.6 Å². The molecule has 0 fully saturated rings. The zero-order valence-corrected chi connectivity index (χ0v) is 13.7. The molecule has 6 nitrogen and oxygen atoms in total. The van der Waals surface area contributed by atoms with Crippen LogP contribution in [0.1, 0.15) is 32.3 Å². The number of sulfonamides is 1. The molecule has 0 heterocycles. The minimum atomic E-state index is -3.30. The highest BCUT2D eigenvalue weighted by Gasteiger charge is 2.14. The smallest absolute Gasteiger partial charge is 0.223 e. The molecule has 0 saturated carbocycles. The van der Waals surface area contributed by atoms with Crippen molar-refractivity contribution in [3.05, 3.63) is 29.8 Å². The predicted molar refractivity (Wildman–Crippen MR) is 85.9 cm³/mol. The molecule has 1 aromatic rings. The summed E-state index contributed by atoms with van der Waals surface area (Å²) in [6.07, 6.45) is 1.41. The van der Waals surface area contributed by atoms with Crippen LogP contribution in [0.25, 0.3) is 0 Å². The zero-order valence-electron chi connectivity index (χ0n) is 12.9. The number of anilines is 1. The van der Waals surface area contributed by atoms with Crippen LogP contribution < -0.4 is 9.62 Å². The maximum absolute atomic E-state index is 11.7. The van der Waals surface area contributed by atoms with Gasteiger partial charge in [0.1, 0.15) is 0 Å². The summed E-state index contributed by atoms with van der Waals surface area (Å²) in [5.74, 6) is -0.115. The van der Waals surface area contributed by atoms with Gasteiger partial charge in [0.25, 0.3) is 0 Å². The number of hydrogen-bond donors (Lipinski definition) is 1. The fraction of sp³-hybridized carbons (Fsp3) is 0.467. The third-order valence-electron chi connectivity index (χ3n) is 3.09. The summed E-state index contributed by atoms with van der Waals surface area (Å²) in [4.78, 5) is 13.2. The molecule has 0 aliphatic carbocycles. The van der Waals surface area contributed by atoms with E-state index in [2.05, 4.69) is 4.72 Å². The number of carbonyl (C=O) groups is 1. The molecule has 1 aromatic carbocycles. The van der Waals surface area contributed by atoms with Gasteiger partial charge < -0.3 is 4.90 Å². The Kier molecular flexibility index (Phi) is 7.02. The van der Waals surface area contributed by atoms with Crippen LogP contribution in [0.5, 0.6) is 0 Å². The number of hydrogen-bond acceptors (Lipinski definition) is 4. The average Bonchev–Trinajstić information content (AvgIpc) is 2.49. The molecule has 0 unspecified atom stereocenters. The summed E-state index contributed by atoms with van der Waals surface area (Å²) < 4.78 is 25.9. The van der Waals surface area contributed by atoms with E-state index in [0.29, 0.717) is 17.7 Å². The van der Waals surface area contributed by atoms with E-state index < -0.39 is 10.0 Å². The Morgan fingerprint density at radius 1 is 1.41 bits per heavy atom. The number of amides is 1. The van der Waals surface area contributed by atoms with Gasteiger partial charge in [-0.25, -0.2) is 13.1 Å². The van der Waals surface area contributed by atoms with Crippen LogP contribution in [0.4, 0.5) is 5.69 Å². The molecule has 1 amide bonds. The number of carbonyl (C=O) groups excluding carboxylic acids is 1. The van der Waals surface area contributed by atoms with E-state index in [1.165, 1.54) is 11.8 Å². The Labute approximate surface area is 131 Å². The van der Waals surface area contributed by atoms with Gasteiger partial charge in [-0.15, -0.1) is 0 Å². The van der Waals surface area contributed by atoms with Crippen molar-refractivity contribution in [3.8, 4) is 6.07 Å². The molecule has 7 heteroatoms. The standard InChI is InChI=1S/C15H21N3O3S/c1-3-4-10-22(20,21)17-8-9-18(13(2)19)15-7-5-6-14(11-15)12-16/h5-7,11,17H,3-4,8-10H2,1-2H3. The van der Waals surface area contributed by atoms with Crippen molar-refractivity contribution >= 4 is 21.6 Å². The third-order valence-corrected chi connectivity index (χ3v) is 4.56. The van der Waals surface area contributed by atoms with E-state index in [9.17, 15) is 13.2 Å². The van der Waals surface area contributed by atoms with Gasteiger partial charge in [0.2, 0.25) is 15.9 Å². The van der Waals surface area contributed by atoms with E-state index >= 15 is 0 Å². The summed E-state index contributed by atoms with van der Waals surface area (Å²) >= 11 is 0. The lowest BCUT2D eigenvalue weighted by atomic mass is 10.2. The Morgan fingerprint density at radius 2 is 2.14 bits per heavy atom. The molecule has 0 bridgehead atoms. The molecule has 0 atom stereocenters. The van der Waals surface area contributed by atoms with E-state index in [-0.39, 0.29) is 24.7 Å². The monoisotopic (exact) mass is 323 g/mol.